The fourth-order valence-corrected chi connectivity index (χ4v) is 0.245. The van der Waals surface area contributed by atoms with Crippen molar-refractivity contribution in [2.45, 2.75) is 13.0 Å². The number of carboxylic acids is 1. The minimum absolute atomic E-state index is 0. The second-order valence-corrected chi connectivity index (χ2v) is 1.72. The molecule has 11 heavy (non-hydrogen) atoms. The van der Waals surface area contributed by atoms with Crippen molar-refractivity contribution in [2.24, 2.45) is 0 Å². The summed E-state index contributed by atoms with van der Waals surface area (Å²) in [4.78, 5) is 20.8. The zero-order chi connectivity index (χ0) is 7.44. The number of aliphatic carboxylic acids is 1. The van der Waals surface area contributed by atoms with Crippen LogP contribution < -0.4 is 0 Å². The van der Waals surface area contributed by atoms with Gasteiger partial charge in [0.2, 0.25) is 0 Å². The Labute approximate surface area is 116 Å². The molecule has 0 aromatic rings. The fourth-order valence-electron chi connectivity index (χ4n) is 0.245. The summed E-state index contributed by atoms with van der Waals surface area (Å²) >= 11 is 0. The fraction of sp³-hybridized carbons (Fsp3) is 0.600. The average Bonchev–Trinajstić information content (AvgIpc) is 1.84. The molecular weight excluding hydrogens is 300 g/mol. The van der Waals surface area contributed by atoms with Crippen molar-refractivity contribution in [3.8, 4) is 0 Å². The van der Waals surface area contributed by atoms with Gasteiger partial charge in [0, 0.05) is 65.4 Å². The number of likely N-dealkylation sites (N-methyl/N-ethyl adjacent to an activating group) is 1. The van der Waals surface area contributed by atoms with Gasteiger partial charge in [-0.15, -0.1) is 0 Å². The molecule has 0 aliphatic carbocycles. The molecule has 4 nitrogen and oxygen atoms in total. The number of rotatable bonds is 3. The first-order valence-electron chi connectivity index (χ1n) is 2.43. The molecule has 1 unspecified atom stereocenters. The Bertz CT molecular complexity index is 131. The minimum atomic E-state index is -1.03. The third kappa shape index (κ3) is 7.51. The smallest absolute Gasteiger partial charge is 0.323 e. The third-order valence-corrected chi connectivity index (χ3v) is 1.08. The summed E-state index contributed by atoms with van der Waals surface area (Å²) in [5.41, 5.74) is 0. The molecule has 1 atom stereocenters. The zero-order valence-electron chi connectivity index (χ0n) is 6.44. The van der Waals surface area contributed by atoms with Crippen molar-refractivity contribution in [1.82, 2.24) is 4.90 Å². The Morgan fingerprint density at radius 3 is 2.00 bits per heavy atom. The van der Waals surface area contributed by atoms with Crippen LogP contribution >= 0.6 is 0 Å². The molecule has 0 spiro atoms. The van der Waals surface area contributed by atoms with E-state index in [0.29, 0.717) is 0 Å². The SMILES string of the molecule is CC(C(=O)O)N(C)[C-]=O.[Y].[Y]. The molecule has 0 aromatic carbocycles. The normalized spacial score (nSPS) is 10.0. The van der Waals surface area contributed by atoms with Gasteiger partial charge in [-0.25, -0.2) is 0 Å². The summed E-state index contributed by atoms with van der Waals surface area (Å²) in [6, 6.07) is -0.789. The van der Waals surface area contributed by atoms with Crippen molar-refractivity contribution < 1.29 is 80.1 Å². The Morgan fingerprint density at radius 2 is 1.91 bits per heavy atom. The summed E-state index contributed by atoms with van der Waals surface area (Å²) in [5.74, 6) is -1.03. The van der Waals surface area contributed by atoms with Gasteiger partial charge in [0.15, 0.2) is 0 Å². The van der Waals surface area contributed by atoms with Crippen molar-refractivity contribution in [3.05, 3.63) is 0 Å². The standard InChI is InChI=1S/C5H8NO3.2Y/c1-4(5(8)9)6(2)3-7;;/h4H,1-2H3,(H,8,9);;/q-1;;. The molecular formula is C5H8NO3Y2-. The van der Waals surface area contributed by atoms with Gasteiger partial charge in [-0.3, -0.25) is 4.79 Å². The van der Waals surface area contributed by atoms with Crippen LogP contribution in [-0.4, -0.2) is 35.5 Å². The van der Waals surface area contributed by atoms with Gasteiger partial charge in [-0.1, -0.05) is 0 Å². The van der Waals surface area contributed by atoms with Gasteiger partial charge < -0.3 is 14.8 Å². The number of amides is 1. The first-order valence-corrected chi connectivity index (χ1v) is 2.43. The van der Waals surface area contributed by atoms with E-state index in [-0.39, 0.29) is 65.4 Å². The topological polar surface area (TPSA) is 57.6 Å². The van der Waals surface area contributed by atoms with E-state index in [1.165, 1.54) is 20.4 Å². The Morgan fingerprint density at radius 1 is 1.55 bits per heavy atom. The van der Waals surface area contributed by atoms with Crippen molar-refractivity contribution >= 4 is 12.4 Å². The summed E-state index contributed by atoms with van der Waals surface area (Å²) in [5, 5.41) is 8.26. The maximum atomic E-state index is 10.1. The van der Waals surface area contributed by atoms with E-state index < -0.39 is 12.0 Å². The number of hydrogen-bond acceptors (Lipinski definition) is 2. The van der Waals surface area contributed by atoms with E-state index in [2.05, 4.69) is 0 Å². The Kier molecular flexibility index (Phi) is 15.1. The second kappa shape index (κ2) is 9.24. The molecule has 6 heteroatoms. The second-order valence-electron chi connectivity index (χ2n) is 1.72. The van der Waals surface area contributed by atoms with E-state index in [1.807, 2.05) is 0 Å². The molecule has 0 saturated carbocycles. The van der Waals surface area contributed by atoms with Gasteiger partial charge in [-0.05, 0) is 14.0 Å². The molecule has 0 heterocycles. The molecule has 1 amide bonds. The van der Waals surface area contributed by atoms with Crippen molar-refractivity contribution in [2.75, 3.05) is 7.05 Å². The van der Waals surface area contributed by atoms with E-state index in [9.17, 15) is 9.59 Å². The molecule has 0 bridgehead atoms. The number of hydrogen-bond donors (Lipinski definition) is 1. The molecule has 1 N–H and O–H groups in total. The van der Waals surface area contributed by atoms with Gasteiger partial charge in [0.05, 0.1) is 6.04 Å². The van der Waals surface area contributed by atoms with E-state index >= 15 is 0 Å². The Hall–Kier alpha value is 1.15. The molecule has 2 radical (unpaired) electrons. The van der Waals surface area contributed by atoms with Crippen LogP contribution in [0.1, 0.15) is 6.92 Å². The molecule has 0 rings (SSSR count). The quantitative estimate of drug-likeness (QED) is 0.562. The molecule has 0 aliphatic rings. The summed E-state index contributed by atoms with van der Waals surface area (Å²) in [7, 11) is 1.37. The maximum absolute atomic E-state index is 10.1. The molecule has 0 aliphatic heterocycles. The van der Waals surface area contributed by atoms with Crippen LogP contribution in [0.5, 0.6) is 0 Å². The van der Waals surface area contributed by atoms with Crippen molar-refractivity contribution in [3.63, 3.8) is 0 Å². The van der Waals surface area contributed by atoms with Gasteiger partial charge in [0.25, 0.3) is 0 Å². The molecule has 58 valence electrons. The van der Waals surface area contributed by atoms with Crippen LogP contribution in [-0.2, 0) is 75.0 Å². The van der Waals surface area contributed by atoms with Crippen LogP contribution in [0.15, 0.2) is 0 Å². The largest absolute Gasteiger partial charge is 0.520 e. The predicted octanol–water partition coefficient (Wildman–Crippen LogP) is -0.546. The van der Waals surface area contributed by atoms with E-state index in [1.54, 1.807) is 0 Å². The summed E-state index contributed by atoms with van der Waals surface area (Å²) < 4.78 is 0. The van der Waals surface area contributed by atoms with Crippen LogP contribution in [0, 0.1) is 0 Å². The maximum Gasteiger partial charge on any atom is 0.323 e. The first-order chi connectivity index (χ1) is 4.09. The minimum Gasteiger partial charge on any atom is -0.520 e. The molecule has 0 saturated heterocycles. The van der Waals surface area contributed by atoms with Crippen LogP contribution in [0.4, 0.5) is 0 Å². The van der Waals surface area contributed by atoms with Crippen LogP contribution in [0.25, 0.3) is 0 Å². The third-order valence-electron chi connectivity index (χ3n) is 1.08. The van der Waals surface area contributed by atoms with Gasteiger partial charge in [-0.2, -0.15) is 6.41 Å². The number of carboxylic acid groups (broad SMARTS) is 1. The average molecular weight is 308 g/mol. The molecule has 0 fully saturated rings. The Balaban J connectivity index is -0.000000320. The predicted molar refractivity (Wildman–Crippen MR) is 30.6 cm³/mol. The van der Waals surface area contributed by atoms with Crippen molar-refractivity contribution in [1.29, 1.82) is 0 Å². The van der Waals surface area contributed by atoms with E-state index in [4.69, 9.17) is 5.11 Å². The van der Waals surface area contributed by atoms with Crippen LogP contribution in [0.3, 0.4) is 0 Å². The monoisotopic (exact) mass is 308 g/mol. The summed E-state index contributed by atoms with van der Waals surface area (Å²) in [6.07, 6.45) is 1.45. The first kappa shape index (κ1) is 18.0. The number of carbonyl (C=O) groups excluding carboxylic acids is 1. The van der Waals surface area contributed by atoms with Gasteiger partial charge in [0.1, 0.15) is 0 Å². The van der Waals surface area contributed by atoms with Gasteiger partial charge >= 0.3 is 5.97 Å². The number of carbonyl (C=O) groups is 1. The van der Waals surface area contributed by atoms with Crippen LogP contribution in [0.2, 0.25) is 0 Å². The van der Waals surface area contributed by atoms with E-state index in [0.717, 1.165) is 4.90 Å². The number of nitrogens with zero attached hydrogens (tertiary/aromatic N) is 1. The summed E-state index contributed by atoms with van der Waals surface area (Å²) in [6.45, 7) is 1.41. The molecule has 0 aromatic heterocycles. The zero-order valence-corrected chi connectivity index (χ0v) is 12.1.